The van der Waals surface area contributed by atoms with Crippen molar-refractivity contribution in [3.05, 3.63) is 53.1 Å². The fourth-order valence-corrected chi connectivity index (χ4v) is 3.54. The van der Waals surface area contributed by atoms with Gasteiger partial charge in [0.2, 0.25) is 0 Å². The number of nitrogen functional groups attached to an aromatic ring is 2. The van der Waals surface area contributed by atoms with Crippen LogP contribution >= 0.6 is 11.6 Å². The van der Waals surface area contributed by atoms with Crippen molar-refractivity contribution in [2.24, 2.45) is 5.73 Å². The van der Waals surface area contributed by atoms with Crippen molar-refractivity contribution in [2.75, 3.05) is 31.7 Å². The number of carbonyl (C=O) groups is 1. The Morgan fingerprint density at radius 1 is 1.25 bits per heavy atom. The highest BCUT2D eigenvalue weighted by molar-refractivity contribution is 6.31. The van der Waals surface area contributed by atoms with Crippen molar-refractivity contribution in [1.29, 1.82) is 0 Å². The zero-order valence-electron chi connectivity index (χ0n) is 18.6. The largest absolute Gasteiger partial charge is 0.497 e. The number of anilines is 2. The predicted molar refractivity (Wildman–Crippen MR) is 128 cm³/mol. The van der Waals surface area contributed by atoms with Gasteiger partial charge in [-0.1, -0.05) is 43.7 Å². The molecule has 0 fully saturated rings. The Balaban J connectivity index is 2.00. The molecule has 1 atom stereocenters. The molecule has 10 heteroatoms. The Morgan fingerprint density at radius 3 is 2.53 bits per heavy atom. The Bertz CT molecular complexity index is 921. The van der Waals surface area contributed by atoms with Gasteiger partial charge in [0.05, 0.1) is 12.9 Å². The first-order chi connectivity index (χ1) is 15.3. The second-order valence-electron chi connectivity index (χ2n) is 7.42. The summed E-state index contributed by atoms with van der Waals surface area (Å²) in [5.74, 6) is 0.723. The van der Waals surface area contributed by atoms with Crippen molar-refractivity contribution in [3.63, 3.8) is 0 Å². The molecule has 0 aliphatic heterocycles. The van der Waals surface area contributed by atoms with Gasteiger partial charge in [-0.15, -0.1) is 0 Å². The molecule has 174 valence electrons. The first kappa shape index (κ1) is 25.1. The fourth-order valence-electron chi connectivity index (χ4n) is 3.41. The normalized spacial score (nSPS) is 11.6. The molecule has 1 aromatic heterocycles. The maximum atomic E-state index is 12.6. The molecule has 0 spiro atoms. The standard InChI is InChI=1S/C22H32ClN7O2/c1-4-6-16(13-27-22(31)18-20(25)29-21(26)19(23)28-18)30(14(2)24)12-5-7-15-8-10-17(32-3)11-9-15/h8-11,16H,2,4-7,12-13,24H2,1,3H3,(H,27,31)(H4,25,26,29)/t16-/m1/s1. The number of nitrogens with one attached hydrogen (secondary N) is 1. The van der Waals surface area contributed by atoms with Crippen LogP contribution in [0.2, 0.25) is 5.15 Å². The molecule has 2 rings (SSSR count). The summed E-state index contributed by atoms with van der Waals surface area (Å²) in [5, 5.41) is 2.79. The van der Waals surface area contributed by atoms with E-state index in [0.29, 0.717) is 18.9 Å². The fraction of sp³-hybridized carbons (Fsp3) is 0.409. The lowest BCUT2D eigenvalue weighted by atomic mass is 10.1. The Labute approximate surface area is 194 Å². The molecule has 2 aromatic rings. The zero-order chi connectivity index (χ0) is 23.7. The lowest BCUT2D eigenvalue weighted by Gasteiger charge is -2.33. The maximum Gasteiger partial charge on any atom is 0.273 e. The number of hydrogen-bond donors (Lipinski definition) is 4. The minimum absolute atomic E-state index is 0.0213. The van der Waals surface area contributed by atoms with Crippen molar-refractivity contribution >= 4 is 29.1 Å². The van der Waals surface area contributed by atoms with Crippen LogP contribution < -0.4 is 27.3 Å². The summed E-state index contributed by atoms with van der Waals surface area (Å²) < 4.78 is 5.20. The highest BCUT2D eigenvalue weighted by atomic mass is 35.5. The van der Waals surface area contributed by atoms with Crippen LogP contribution in [0.15, 0.2) is 36.7 Å². The Hall–Kier alpha value is -3.20. The quantitative estimate of drug-likeness (QED) is 0.377. The average molecular weight is 462 g/mol. The summed E-state index contributed by atoms with van der Waals surface area (Å²) in [5.41, 5.74) is 18.6. The van der Waals surface area contributed by atoms with Gasteiger partial charge in [0, 0.05) is 19.1 Å². The van der Waals surface area contributed by atoms with Crippen molar-refractivity contribution in [1.82, 2.24) is 20.2 Å². The molecule has 0 saturated heterocycles. The third kappa shape index (κ3) is 6.91. The number of amides is 1. The number of aromatic nitrogens is 2. The number of aryl methyl sites for hydroxylation is 1. The lowest BCUT2D eigenvalue weighted by Crippen LogP contribution is -2.45. The van der Waals surface area contributed by atoms with Crippen LogP contribution in [-0.2, 0) is 6.42 Å². The van der Waals surface area contributed by atoms with Gasteiger partial charge >= 0.3 is 0 Å². The number of halogens is 1. The highest BCUT2D eigenvalue weighted by Crippen LogP contribution is 2.18. The van der Waals surface area contributed by atoms with Gasteiger partial charge in [-0.25, -0.2) is 9.97 Å². The number of nitrogens with zero attached hydrogens (tertiary/aromatic N) is 3. The molecule has 7 N–H and O–H groups in total. The van der Waals surface area contributed by atoms with E-state index in [1.54, 1.807) is 7.11 Å². The second-order valence-corrected chi connectivity index (χ2v) is 7.78. The number of methoxy groups -OCH3 is 1. The van der Waals surface area contributed by atoms with Crippen LogP contribution in [0.3, 0.4) is 0 Å². The van der Waals surface area contributed by atoms with Gasteiger partial charge in [0.15, 0.2) is 22.5 Å². The summed E-state index contributed by atoms with van der Waals surface area (Å²) in [6.07, 6.45) is 3.50. The van der Waals surface area contributed by atoms with Gasteiger partial charge in [-0.2, -0.15) is 0 Å². The number of benzene rings is 1. The molecule has 9 nitrogen and oxygen atoms in total. The van der Waals surface area contributed by atoms with E-state index in [1.165, 1.54) is 5.56 Å². The Kier molecular flexibility index (Phi) is 9.39. The molecule has 0 aliphatic rings. The number of carbonyl (C=O) groups excluding carboxylic acids is 1. The topological polar surface area (TPSA) is 145 Å². The highest BCUT2D eigenvalue weighted by Gasteiger charge is 2.21. The molecule has 0 aliphatic carbocycles. The van der Waals surface area contributed by atoms with Crippen LogP contribution in [0.5, 0.6) is 5.75 Å². The van der Waals surface area contributed by atoms with Gasteiger partial charge in [-0.05, 0) is 37.0 Å². The lowest BCUT2D eigenvalue weighted by molar-refractivity contribution is 0.0932. The minimum atomic E-state index is -0.473. The number of ether oxygens (including phenoxy) is 1. The summed E-state index contributed by atoms with van der Waals surface area (Å²) in [4.78, 5) is 22.4. The van der Waals surface area contributed by atoms with Gasteiger partial charge in [0.25, 0.3) is 5.91 Å². The first-order valence-corrected chi connectivity index (χ1v) is 10.8. The van der Waals surface area contributed by atoms with E-state index in [0.717, 1.165) is 31.4 Å². The van der Waals surface area contributed by atoms with Gasteiger partial charge < -0.3 is 32.2 Å². The van der Waals surface area contributed by atoms with Crippen molar-refractivity contribution in [2.45, 2.75) is 38.6 Å². The molecular weight excluding hydrogens is 430 g/mol. The molecule has 0 unspecified atom stereocenters. The van der Waals surface area contributed by atoms with E-state index in [1.807, 2.05) is 29.2 Å². The summed E-state index contributed by atoms with van der Waals surface area (Å²) in [7, 11) is 1.65. The first-order valence-electron chi connectivity index (χ1n) is 10.5. The number of nitrogens with two attached hydrogens (primary N) is 3. The minimum Gasteiger partial charge on any atom is -0.497 e. The zero-order valence-corrected chi connectivity index (χ0v) is 19.4. The van der Waals surface area contributed by atoms with E-state index < -0.39 is 5.91 Å². The molecule has 1 amide bonds. The molecule has 1 aromatic carbocycles. The van der Waals surface area contributed by atoms with E-state index in [9.17, 15) is 4.79 Å². The maximum absolute atomic E-state index is 12.6. The molecule has 0 radical (unpaired) electrons. The number of rotatable bonds is 12. The molecule has 0 bridgehead atoms. The summed E-state index contributed by atoms with van der Waals surface area (Å²) in [6.45, 7) is 7.05. The SMILES string of the molecule is C=C(N)N(CCCc1ccc(OC)cc1)[C@H](CCC)CNC(=O)c1nc(Cl)c(N)nc1N. The molecular formula is C22H32ClN7O2. The molecule has 0 saturated carbocycles. The third-order valence-corrected chi connectivity index (χ3v) is 5.35. The predicted octanol–water partition coefficient (Wildman–Crippen LogP) is 2.57. The monoisotopic (exact) mass is 461 g/mol. The van der Waals surface area contributed by atoms with Gasteiger partial charge in [-0.3, -0.25) is 4.79 Å². The Morgan fingerprint density at radius 2 is 1.94 bits per heavy atom. The van der Waals surface area contributed by atoms with Crippen LogP contribution in [0.4, 0.5) is 11.6 Å². The smallest absolute Gasteiger partial charge is 0.273 e. The van der Waals surface area contributed by atoms with Crippen molar-refractivity contribution in [3.8, 4) is 5.75 Å². The van der Waals surface area contributed by atoms with E-state index in [4.69, 9.17) is 33.5 Å². The number of hydrogen-bond acceptors (Lipinski definition) is 8. The average Bonchev–Trinajstić information content (AvgIpc) is 2.77. The van der Waals surface area contributed by atoms with Crippen LogP contribution in [0, 0.1) is 0 Å². The summed E-state index contributed by atoms with van der Waals surface area (Å²) in [6, 6.07) is 7.96. The second kappa shape index (κ2) is 12.0. The molecule has 32 heavy (non-hydrogen) atoms. The summed E-state index contributed by atoms with van der Waals surface area (Å²) >= 11 is 5.88. The third-order valence-electron chi connectivity index (χ3n) is 5.07. The van der Waals surface area contributed by atoms with Crippen molar-refractivity contribution < 1.29 is 9.53 Å². The van der Waals surface area contributed by atoms with E-state index in [2.05, 4.69) is 28.8 Å². The van der Waals surface area contributed by atoms with Crippen LogP contribution in [0.1, 0.15) is 42.2 Å². The molecule has 1 heterocycles. The van der Waals surface area contributed by atoms with E-state index >= 15 is 0 Å². The van der Waals surface area contributed by atoms with Crippen LogP contribution in [-0.4, -0.2) is 47.0 Å². The van der Waals surface area contributed by atoms with Crippen LogP contribution in [0.25, 0.3) is 0 Å². The van der Waals surface area contributed by atoms with E-state index in [-0.39, 0.29) is 28.5 Å². The van der Waals surface area contributed by atoms with Gasteiger partial charge in [0.1, 0.15) is 5.75 Å².